The first-order chi connectivity index (χ1) is 11.5. The van der Waals surface area contributed by atoms with Gasteiger partial charge in [0.2, 0.25) is 11.8 Å². The Bertz CT molecular complexity index is 456. The molecule has 1 unspecified atom stereocenters. The van der Waals surface area contributed by atoms with Crippen LogP contribution in [-0.2, 0) is 9.59 Å². The van der Waals surface area contributed by atoms with Crippen LogP contribution in [0.3, 0.4) is 0 Å². The molecule has 24 heavy (non-hydrogen) atoms. The van der Waals surface area contributed by atoms with Crippen LogP contribution in [0.15, 0.2) is 0 Å². The average molecular weight is 336 g/mol. The van der Waals surface area contributed by atoms with Gasteiger partial charge in [-0.05, 0) is 52.2 Å². The summed E-state index contributed by atoms with van der Waals surface area (Å²) in [4.78, 5) is 30.8. The zero-order valence-electron chi connectivity index (χ0n) is 15.2. The zero-order valence-corrected chi connectivity index (χ0v) is 15.2. The highest BCUT2D eigenvalue weighted by molar-refractivity contribution is 5.89. The normalized spacial score (nSPS) is 25.8. The molecule has 0 aromatic carbocycles. The molecule has 0 aromatic rings. The van der Waals surface area contributed by atoms with Crippen molar-refractivity contribution in [3.63, 3.8) is 0 Å². The maximum Gasteiger partial charge on any atom is 0.227 e. The molecule has 136 valence electrons. The number of rotatable bonds is 7. The first-order valence-electron chi connectivity index (χ1n) is 9.47. The molecular formula is C18H32N4O2. The van der Waals surface area contributed by atoms with E-state index in [1.807, 2.05) is 23.9 Å². The van der Waals surface area contributed by atoms with Crippen LogP contribution in [0.1, 0.15) is 32.1 Å². The Hall–Kier alpha value is -1.14. The second-order valence-electron chi connectivity index (χ2n) is 8.00. The number of likely N-dealkylation sites (tertiary alicyclic amines) is 2. The number of nitrogens with zero attached hydrogens (tertiary/aromatic N) is 3. The van der Waals surface area contributed by atoms with Crippen LogP contribution in [0.2, 0.25) is 0 Å². The summed E-state index contributed by atoms with van der Waals surface area (Å²) in [5, 5.41) is 3.65. The van der Waals surface area contributed by atoms with Crippen molar-refractivity contribution in [1.29, 1.82) is 0 Å². The number of amides is 2. The molecule has 3 rings (SSSR count). The van der Waals surface area contributed by atoms with Gasteiger partial charge in [0.25, 0.3) is 0 Å². The van der Waals surface area contributed by atoms with Crippen LogP contribution in [-0.4, -0.2) is 85.9 Å². The fraction of sp³-hybridized carbons (Fsp3) is 0.889. The van der Waals surface area contributed by atoms with E-state index in [1.54, 1.807) is 0 Å². The van der Waals surface area contributed by atoms with Gasteiger partial charge in [0.15, 0.2) is 0 Å². The Labute approximate surface area is 145 Å². The summed E-state index contributed by atoms with van der Waals surface area (Å²) in [6, 6.07) is 0.566. The number of piperidine rings is 1. The summed E-state index contributed by atoms with van der Waals surface area (Å²) in [6.07, 6.45) is 5.24. The zero-order chi connectivity index (χ0) is 17.1. The standard InChI is InChI=1S/C18H32N4O2/c1-20(2)9-10-22-13-15(11-17(22)23)18(24)21-7-5-16(6-8-21)19-12-14-3-4-14/h14-16,19H,3-13H2,1-2H3. The van der Waals surface area contributed by atoms with Crippen LogP contribution in [0, 0.1) is 11.8 Å². The number of likely N-dealkylation sites (N-methyl/N-ethyl adjacent to an activating group) is 1. The molecule has 6 heteroatoms. The van der Waals surface area contributed by atoms with Crippen molar-refractivity contribution in [3.8, 4) is 0 Å². The minimum atomic E-state index is -0.129. The summed E-state index contributed by atoms with van der Waals surface area (Å²) in [5.74, 6) is 1.10. The summed E-state index contributed by atoms with van der Waals surface area (Å²) in [7, 11) is 4.01. The molecule has 0 aromatic heterocycles. The van der Waals surface area contributed by atoms with Crippen molar-refractivity contribution >= 4 is 11.8 Å². The molecule has 0 spiro atoms. The molecule has 2 saturated heterocycles. The summed E-state index contributed by atoms with van der Waals surface area (Å²) in [6.45, 7) is 5.00. The Morgan fingerprint density at radius 1 is 1.21 bits per heavy atom. The molecule has 1 atom stereocenters. The van der Waals surface area contributed by atoms with Crippen molar-refractivity contribution in [3.05, 3.63) is 0 Å². The molecule has 2 amide bonds. The second-order valence-corrected chi connectivity index (χ2v) is 8.00. The monoisotopic (exact) mass is 336 g/mol. The van der Waals surface area contributed by atoms with Crippen molar-refractivity contribution in [1.82, 2.24) is 20.0 Å². The van der Waals surface area contributed by atoms with Crippen LogP contribution in [0.25, 0.3) is 0 Å². The molecule has 0 radical (unpaired) electrons. The molecular weight excluding hydrogens is 304 g/mol. The van der Waals surface area contributed by atoms with Gasteiger partial charge in [-0.25, -0.2) is 0 Å². The Balaban J connectivity index is 1.41. The van der Waals surface area contributed by atoms with Crippen molar-refractivity contribution in [2.75, 3.05) is 53.4 Å². The van der Waals surface area contributed by atoms with Gasteiger partial charge in [-0.3, -0.25) is 9.59 Å². The van der Waals surface area contributed by atoms with Gasteiger partial charge < -0.3 is 20.0 Å². The minimum Gasteiger partial charge on any atom is -0.342 e. The van der Waals surface area contributed by atoms with Gasteiger partial charge in [-0.15, -0.1) is 0 Å². The van der Waals surface area contributed by atoms with Gasteiger partial charge in [0.05, 0.1) is 5.92 Å². The van der Waals surface area contributed by atoms with Gasteiger partial charge in [-0.2, -0.15) is 0 Å². The highest BCUT2D eigenvalue weighted by Gasteiger charge is 2.37. The minimum absolute atomic E-state index is 0.129. The lowest BCUT2D eigenvalue weighted by atomic mass is 10.0. The molecule has 2 heterocycles. The number of carbonyl (C=O) groups is 2. The molecule has 1 N–H and O–H groups in total. The SMILES string of the molecule is CN(C)CCN1CC(C(=O)N2CCC(NCC3CC3)CC2)CC1=O. The van der Waals surface area contributed by atoms with Crippen molar-refractivity contribution in [2.45, 2.75) is 38.1 Å². The second kappa shape index (κ2) is 7.83. The Morgan fingerprint density at radius 3 is 2.54 bits per heavy atom. The highest BCUT2D eigenvalue weighted by atomic mass is 16.2. The molecule has 1 aliphatic carbocycles. The number of hydrogen-bond acceptors (Lipinski definition) is 4. The topological polar surface area (TPSA) is 55.9 Å². The lowest BCUT2D eigenvalue weighted by molar-refractivity contribution is -0.136. The molecule has 2 aliphatic heterocycles. The summed E-state index contributed by atoms with van der Waals surface area (Å²) in [5.41, 5.74) is 0. The number of carbonyl (C=O) groups excluding carboxylic acids is 2. The van der Waals surface area contributed by atoms with E-state index in [9.17, 15) is 9.59 Å². The summed E-state index contributed by atoms with van der Waals surface area (Å²) >= 11 is 0. The number of hydrogen-bond donors (Lipinski definition) is 1. The van der Waals surface area contributed by atoms with E-state index >= 15 is 0 Å². The first-order valence-corrected chi connectivity index (χ1v) is 9.47. The average Bonchev–Trinajstić information content (AvgIpc) is 3.32. The molecule has 1 saturated carbocycles. The quantitative estimate of drug-likeness (QED) is 0.731. The Morgan fingerprint density at radius 2 is 1.92 bits per heavy atom. The lowest BCUT2D eigenvalue weighted by Gasteiger charge is -2.34. The van der Waals surface area contributed by atoms with Crippen molar-refractivity contribution in [2.24, 2.45) is 11.8 Å². The smallest absolute Gasteiger partial charge is 0.227 e. The van der Waals surface area contributed by atoms with Crippen LogP contribution in [0.5, 0.6) is 0 Å². The van der Waals surface area contributed by atoms with Crippen LogP contribution in [0.4, 0.5) is 0 Å². The third kappa shape index (κ3) is 4.70. The van der Waals surface area contributed by atoms with E-state index in [0.717, 1.165) is 51.5 Å². The number of nitrogens with one attached hydrogen (secondary N) is 1. The van der Waals surface area contributed by atoms with Gasteiger partial charge >= 0.3 is 0 Å². The maximum atomic E-state index is 12.7. The fourth-order valence-electron chi connectivity index (χ4n) is 3.69. The fourth-order valence-corrected chi connectivity index (χ4v) is 3.69. The van der Waals surface area contributed by atoms with E-state index < -0.39 is 0 Å². The van der Waals surface area contributed by atoms with Gasteiger partial charge in [-0.1, -0.05) is 0 Å². The first kappa shape index (κ1) is 17.7. The third-order valence-corrected chi connectivity index (χ3v) is 5.58. The molecule has 3 fully saturated rings. The van der Waals surface area contributed by atoms with Crippen LogP contribution >= 0.6 is 0 Å². The lowest BCUT2D eigenvalue weighted by Crippen LogP contribution is -2.47. The van der Waals surface area contributed by atoms with Gasteiger partial charge in [0.1, 0.15) is 0 Å². The predicted molar refractivity (Wildman–Crippen MR) is 93.6 cm³/mol. The van der Waals surface area contributed by atoms with E-state index in [0.29, 0.717) is 19.0 Å². The van der Waals surface area contributed by atoms with E-state index in [2.05, 4.69) is 10.2 Å². The van der Waals surface area contributed by atoms with Crippen LogP contribution < -0.4 is 5.32 Å². The largest absolute Gasteiger partial charge is 0.342 e. The van der Waals surface area contributed by atoms with Crippen molar-refractivity contribution < 1.29 is 9.59 Å². The van der Waals surface area contributed by atoms with Gasteiger partial charge in [0, 0.05) is 45.2 Å². The Kier molecular flexibility index (Phi) is 5.76. The van der Waals surface area contributed by atoms with E-state index in [1.165, 1.54) is 12.8 Å². The highest BCUT2D eigenvalue weighted by Crippen LogP contribution is 2.28. The molecule has 3 aliphatic rings. The summed E-state index contributed by atoms with van der Waals surface area (Å²) < 4.78 is 0. The molecule has 6 nitrogen and oxygen atoms in total. The van der Waals surface area contributed by atoms with E-state index in [4.69, 9.17) is 0 Å². The molecule has 0 bridgehead atoms. The maximum absolute atomic E-state index is 12.7. The predicted octanol–water partition coefficient (Wildman–Crippen LogP) is 0.387. The third-order valence-electron chi connectivity index (χ3n) is 5.58. The van der Waals surface area contributed by atoms with E-state index in [-0.39, 0.29) is 17.7 Å².